The van der Waals surface area contributed by atoms with Crippen molar-refractivity contribution in [3.63, 3.8) is 0 Å². The summed E-state index contributed by atoms with van der Waals surface area (Å²) in [6, 6.07) is 19.2. The van der Waals surface area contributed by atoms with E-state index < -0.39 is 0 Å². The largest absolute Gasteiger partial charge is 0.302 e. The van der Waals surface area contributed by atoms with Gasteiger partial charge in [0.1, 0.15) is 0 Å². The summed E-state index contributed by atoms with van der Waals surface area (Å²) in [7, 11) is 4.14. The van der Waals surface area contributed by atoms with E-state index in [2.05, 4.69) is 85.6 Å². The predicted octanol–water partition coefficient (Wildman–Crippen LogP) is 3.48. The zero-order valence-electron chi connectivity index (χ0n) is 11.3. The Morgan fingerprint density at radius 3 is 2.00 bits per heavy atom. The first-order chi connectivity index (χ1) is 8.66. The molecule has 0 spiro atoms. The summed E-state index contributed by atoms with van der Waals surface area (Å²) in [6.07, 6.45) is 0. The summed E-state index contributed by atoms with van der Waals surface area (Å²) in [6.45, 7) is 3.00. The van der Waals surface area contributed by atoms with Gasteiger partial charge >= 0.3 is 0 Å². The molecule has 0 radical (unpaired) electrons. The minimum Gasteiger partial charge on any atom is -0.302 e. The molecule has 0 heterocycles. The molecule has 0 atom stereocenters. The summed E-state index contributed by atoms with van der Waals surface area (Å²) in [4.78, 5) is 0. The van der Waals surface area contributed by atoms with Crippen LogP contribution in [0.2, 0.25) is 0 Å². The molecule has 0 amide bonds. The molecule has 18 heavy (non-hydrogen) atoms. The normalized spacial score (nSPS) is 10.7. The third-order valence-electron chi connectivity index (χ3n) is 2.99. The molecule has 0 bridgehead atoms. The van der Waals surface area contributed by atoms with Crippen LogP contribution >= 0.6 is 0 Å². The van der Waals surface area contributed by atoms with Crippen LogP contribution in [0.5, 0.6) is 0 Å². The Morgan fingerprint density at radius 1 is 0.833 bits per heavy atom. The highest BCUT2D eigenvalue weighted by Crippen LogP contribution is 2.18. The third-order valence-corrected chi connectivity index (χ3v) is 2.99. The quantitative estimate of drug-likeness (QED) is 0.755. The van der Waals surface area contributed by atoms with Crippen LogP contribution in [0.25, 0.3) is 0 Å². The van der Waals surface area contributed by atoms with Crippen molar-refractivity contribution in [3.05, 3.63) is 65.7 Å². The molecule has 2 aromatic rings. The molecule has 2 heteroatoms. The molecule has 2 rings (SSSR count). The second kappa shape index (κ2) is 5.69. The van der Waals surface area contributed by atoms with Crippen molar-refractivity contribution >= 4 is 5.69 Å². The fourth-order valence-electron chi connectivity index (χ4n) is 1.94. The van der Waals surface area contributed by atoms with Gasteiger partial charge in [0.05, 0.1) is 12.2 Å². The first kappa shape index (κ1) is 12.7. The number of rotatable bonds is 4. The van der Waals surface area contributed by atoms with Crippen LogP contribution in [0.4, 0.5) is 5.69 Å². The maximum Gasteiger partial charge on any atom is 0.0597 e. The minimum absolute atomic E-state index is 0.886. The van der Waals surface area contributed by atoms with E-state index in [-0.39, 0.29) is 0 Å². The van der Waals surface area contributed by atoms with Gasteiger partial charge in [-0.3, -0.25) is 0 Å². The molecule has 2 nitrogen and oxygen atoms in total. The minimum atomic E-state index is 0.886. The van der Waals surface area contributed by atoms with Gasteiger partial charge in [-0.15, -0.1) is 0 Å². The molecule has 0 aliphatic rings. The number of aryl methyl sites for hydroxylation is 1. The van der Waals surface area contributed by atoms with Crippen molar-refractivity contribution < 1.29 is 0 Å². The van der Waals surface area contributed by atoms with Crippen LogP contribution in [0.1, 0.15) is 11.1 Å². The Balaban J connectivity index is 2.21. The number of benzene rings is 2. The Labute approximate surface area is 109 Å². The summed E-state index contributed by atoms with van der Waals surface area (Å²) in [5, 5.41) is 4.38. The van der Waals surface area contributed by atoms with Crippen LogP contribution in [-0.4, -0.2) is 19.1 Å². The second-order valence-electron chi connectivity index (χ2n) is 4.73. The molecule has 0 unspecified atom stereocenters. The zero-order chi connectivity index (χ0) is 13.0. The molecule has 0 saturated carbocycles. The average Bonchev–Trinajstić information content (AvgIpc) is 2.38. The SMILES string of the molecule is Cc1ccc(N(Cc2ccccc2)N(C)C)cc1. The maximum absolute atomic E-state index is 2.26. The highest BCUT2D eigenvalue weighted by atomic mass is 15.6. The van der Waals surface area contributed by atoms with Gasteiger partial charge in [0.2, 0.25) is 0 Å². The summed E-state index contributed by atoms with van der Waals surface area (Å²) < 4.78 is 0. The van der Waals surface area contributed by atoms with Crippen LogP contribution in [-0.2, 0) is 6.54 Å². The maximum atomic E-state index is 2.26. The average molecular weight is 240 g/mol. The van der Waals surface area contributed by atoms with Crippen LogP contribution in [0, 0.1) is 6.92 Å². The van der Waals surface area contributed by atoms with Gasteiger partial charge in [0, 0.05) is 14.1 Å². The van der Waals surface area contributed by atoms with E-state index in [1.54, 1.807) is 0 Å². The Bertz CT molecular complexity index is 474. The van der Waals surface area contributed by atoms with E-state index >= 15 is 0 Å². The van der Waals surface area contributed by atoms with Crippen molar-refractivity contribution in [2.75, 3.05) is 19.1 Å². The monoisotopic (exact) mass is 240 g/mol. The van der Waals surface area contributed by atoms with Gasteiger partial charge in [0.25, 0.3) is 0 Å². The Hall–Kier alpha value is -1.80. The van der Waals surface area contributed by atoms with Crippen LogP contribution in [0.15, 0.2) is 54.6 Å². The molecule has 0 aliphatic carbocycles. The smallest absolute Gasteiger partial charge is 0.0597 e. The van der Waals surface area contributed by atoms with Crippen molar-refractivity contribution in [1.82, 2.24) is 5.01 Å². The molecule has 0 aromatic heterocycles. The Kier molecular flexibility index (Phi) is 4.00. The van der Waals surface area contributed by atoms with E-state index in [0.29, 0.717) is 0 Å². The standard InChI is InChI=1S/C16H20N2/c1-14-9-11-16(12-10-14)18(17(2)3)13-15-7-5-4-6-8-15/h4-12H,13H2,1-3H3. The van der Waals surface area contributed by atoms with E-state index in [1.807, 2.05) is 0 Å². The number of hydrogen-bond acceptors (Lipinski definition) is 2. The second-order valence-corrected chi connectivity index (χ2v) is 4.73. The van der Waals surface area contributed by atoms with Gasteiger partial charge in [-0.2, -0.15) is 0 Å². The van der Waals surface area contributed by atoms with Gasteiger partial charge in [-0.1, -0.05) is 48.0 Å². The van der Waals surface area contributed by atoms with Crippen molar-refractivity contribution in [1.29, 1.82) is 0 Å². The lowest BCUT2D eigenvalue weighted by molar-refractivity contribution is 0.366. The molecule has 94 valence electrons. The molecule has 0 N–H and O–H groups in total. The molecular formula is C16H20N2. The van der Waals surface area contributed by atoms with Gasteiger partial charge in [-0.25, -0.2) is 5.01 Å². The lowest BCUT2D eigenvalue weighted by atomic mass is 10.2. The van der Waals surface area contributed by atoms with Gasteiger partial charge in [0.15, 0.2) is 0 Å². The lowest BCUT2D eigenvalue weighted by Crippen LogP contribution is -2.36. The van der Waals surface area contributed by atoms with Crippen LogP contribution in [0.3, 0.4) is 0 Å². The van der Waals surface area contributed by atoms with Crippen molar-refractivity contribution in [2.24, 2.45) is 0 Å². The molecular weight excluding hydrogens is 220 g/mol. The Morgan fingerprint density at radius 2 is 1.44 bits per heavy atom. The fraction of sp³-hybridized carbons (Fsp3) is 0.250. The first-order valence-corrected chi connectivity index (χ1v) is 6.22. The van der Waals surface area contributed by atoms with Crippen molar-refractivity contribution in [2.45, 2.75) is 13.5 Å². The molecule has 0 aliphatic heterocycles. The predicted molar refractivity (Wildman–Crippen MR) is 77.5 cm³/mol. The fourth-order valence-corrected chi connectivity index (χ4v) is 1.94. The van der Waals surface area contributed by atoms with Gasteiger partial charge in [-0.05, 0) is 24.6 Å². The zero-order valence-corrected chi connectivity index (χ0v) is 11.3. The molecule has 0 fully saturated rings. The highest BCUT2D eigenvalue weighted by molar-refractivity contribution is 5.46. The van der Waals surface area contributed by atoms with E-state index in [1.165, 1.54) is 16.8 Å². The lowest BCUT2D eigenvalue weighted by Gasteiger charge is -2.31. The first-order valence-electron chi connectivity index (χ1n) is 6.22. The van der Waals surface area contributed by atoms with E-state index in [0.717, 1.165) is 6.54 Å². The molecule has 2 aromatic carbocycles. The topological polar surface area (TPSA) is 6.48 Å². The number of hydrazine groups is 1. The number of nitrogens with zero attached hydrogens (tertiary/aromatic N) is 2. The van der Waals surface area contributed by atoms with E-state index in [4.69, 9.17) is 0 Å². The van der Waals surface area contributed by atoms with Crippen molar-refractivity contribution in [3.8, 4) is 0 Å². The number of hydrogen-bond donors (Lipinski definition) is 0. The summed E-state index contributed by atoms with van der Waals surface area (Å²) >= 11 is 0. The molecule has 0 saturated heterocycles. The summed E-state index contributed by atoms with van der Waals surface area (Å²) in [5.41, 5.74) is 3.82. The third kappa shape index (κ3) is 3.11. The van der Waals surface area contributed by atoms with Crippen LogP contribution < -0.4 is 5.01 Å². The highest BCUT2D eigenvalue weighted by Gasteiger charge is 2.09. The van der Waals surface area contributed by atoms with E-state index in [9.17, 15) is 0 Å². The van der Waals surface area contributed by atoms with Gasteiger partial charge < -0.3 is 5.01 Å². The number of anilines is 1. The summed E-state index contributed by atoms with van der Waals surface area (Å²) in [5.74, 6) is 0.